The van der Waals surface area contributed by atoms with Gasteiger partial charge >= 0.3 is 11.9 Å². The highest BCUT2D eigenvalue weighted by Gasteiger charge is 2.29. The smallest absolute Gasteiger partial charge is 0.326 e. The molecule has 0 heterocycles. The fraction of sp³-hybridized carbons (Fsp3) is 0.186. The van der Waals surface area contributed by atoms with Gasteiger partial charge in [-0.1, -0.05) is 54.0 Å². The lowest BCUT2D eigenvalue weighted by molar-refractivity contribution is -0.147. The molecule has 0 bridgehead atoms. The van der Waals surface area contributed by atoms with Crippen molar-refractivity contribution < 1.29 is 43.8 Å². The predicted molar refractivity (Wildman–Crippen MR) is 209 cm³/mol. The van der Waals surface area contributed by atoms with Crippen molar-refractivity contribution in [3.05, 3.63) is 142 Å². The summed E-state index contributed by atoms with van der Waals surface area (Å²) in [6.07, 6.45) is -0.930. The van der Waals surface area contributed by atoms with Crippen molar-refractivity contribution in [2.24, 2.45) is 0 Å². The lowest BCUT2D eigenvalue weighted by Gasteiger charge is -2.23. The molecule has 7 N–H and O–H groups in total. The van der Waals surface area contributed by atoms with Crippen molar-refractivity contribution in [2.45, 2.75) is 37.9 Å². The number of amides is 5. The Bertz CT molecular complexity index is 2230. The Morgan fingerprint density at radius 2 is 1.04 bits per heavy atom. The molecule has 0 aliphatic carbocycles. The Kier molecular flexibility index (Phi) is 15.2. The number of aliphatic carboxylic acids is 2. The van der Waals surface area contributed by atoms with E-state index in [1.807, 2.05) is 24.3 Å². The van der Waals surface area contributed by atoms with Gasteiger partial charge < -0.3 is 36.8 Å². The summed E-state index contributed by atoms with van der Waals surface area (Å²) in [4.78, 5) is 85.7. The fourth-order valence-corrected chi connectivity index (χ4v) is 5.10. The minimum Gasteiger partial charge on any atom is -0.481 e. The summed E-state index contributed by atoms with van der Waals surface area (Å²) >= 11 is 0. The van der Waals surface area contributed by atoms with Crippen LogP contribution in [0.5, 0.6) is 0 Å². The van der Waals surface area contributed by atoms with Gasteiger partial charge in [0.1, 0.15) is 18.1 Å². The third kappa shape index (κ3) is 13.6. The lowest BCUT2D eigenvalue weighted by atomic mass is 10.0. The third-order valence-corrected chi connectivity index (χ3v) is 8.20. The maximum absolute atomic E-state index is 13.0. The molecule has 0 aromatic heterocycles. The molecule has 0 spiro atoms. The van der Waals surface area contributed by atoms with E-state index in [4.69, 9.17) is 5.11 Å². The predicted octanol–water partition coefficient (Wildman–Crippen LogP) is 1.85. The highest BCUT2D eigenvalue weighted by Crippen LogP contribution is 2.09. The van der Waals surface area contributed by atoms with Crippen LogP contribution in [-0.2, 0) is 30.4 Å². The third-order valence-electron chi connectivity index (χ3n) is 8.20. The first-order chi connectivity index (χ1) is 27.3. The quantitative estimate of drug-likeness (QED) is 0.0930. The number of benzene rings is 4. The van der Waals surface area contributed by atoms with Gasteiger partial charge in [-0.3, -0.25) is 28.8 Å². The van der Waals surface area contributed by atoms with Crippen LogP contribution in [0.25, 0.3) is 0 Å². The van der Waals surface area contributed by atoms with E-state index in [-0.39, 0.29) is 17.9 Å². The molecule has 290 valence electrons. The molecule has 4 rings (SSSR count). The molecule has 0 radical (unpaired) electrons. The molecule has 0 unspecified atom stereocenters. The number of carbonyl (C=O) groups excluding carboxylic acids is 5. The van der Waals surface area contributed by atoms with Gasteiger partial charge in [-0.2, -0.15) is 0 Å². The second-order valence-electron chi connectivity index (χ2n) is 12.5. The van der Waals surface area contributed by atoms with Crippen LogP contribution in [0.2, 0.25) is 0 Å². The summed E-state index contributed by atoms with van der Waals surface area (Å²) in [5.41, 5.74) is 4.41. The Balaban J connectivity index is 1.27. The Labute approximate surface area is 328 Å². The summed E-state index contributed by atoms with van der Waals surface area (Å²) in [6.45, 7) is 0.892. The molecule has 0 aliphatic rings. The van der Waals surface area contributed by atoms with Crippen molar-refractivity contribution in [3.63, 3.8) is 0 Å². The zero-order valence-corrected chi connectivity index (χ0v) is 30.9. The van der Waals surface area contributed by atoms with Gasteiger partial charge in [-0.05, 0) is 85.3 Å². The van der Waals surface area contributed by atoms with Gasteiger partial charge in [0.15, 0.2) is 0 Å². The van der Waals surface area contributed by atoms with Gasteiger partial charge in [0, 0.05) is 46.8 Å². The van der Waals surface area contributed by atoms with E-state index in [9.17, 15) is 38.7 Å². The highest BCUT2D eigenvalue weighted by atomic mass is 16.4. The maximum Gasteiger partial charge on any atom is 0.326 e. The largest absolute Gasteiger partial charge is 0.481 e. The van der Waals surface area contributed by atoms with E-state index in [1.54, 1.807) is 85.9 Å². The standard InChI is InChI=1S/C43H39N5O9/c1-27(39(52)47-35(24-32-6-4-3-5-7-32)42(55)48-36(43(56)57)25-38(50)51)46-37(49)26-45-41(54)34-22-18-31(19-23-34)15-13-29-10-8-28(9-11-29)12-14-30-16-20-33(21-17-30)40(53)44-2/h3-11,16-23,27,35-36H,24-26H2,1-2H3,(H,44,53)(H,45,54)(H,46,49)(H,47,52)(H,48,55)(H,50,51)(H,56,57)/t27-,35-,36-/m0/s1. The highest BCUT2D eigenvalue weighted by molar-refractivity contribution is 5.98. The molecular weight excluding hydrogens is 730 g/mol. The molecule has 4 aromatic rings. The van der Waals surface area contributed by atoms with Crippen LogP contribution in [0.4, 0.5) is 0 Å². The summed E-state index contributed by atoms with van der Waals surface area (Å²) in [5, 5.41) is 30.5. The minimum absolute atomic E-state index is 0.0530. The molecule has 57 heavy (non-hydrogen) atoms. The number of hydrogen-bond acceptors (Lipinski definition) is 7. The van der Waals surface area contributed by atoms with Gasteiger partial charge in [-0.15, -0.1) is 0 Å². The normalized spacial score (nSPS) is 11.7. The van der Waals surface area contributed by atoms with Crippen molar-refractivity contribution in [1.29, 1.82) is 0 Å². The van der Waals surface area contributed by atoms with Crippen LogP contribution in [0.3, 0.4) is 0 Å². The van der Waals surface area contributed by atoms with E-state index in [0.717, 1.165) is 16.7 Å². The van der Waals surface area contributed by atoms with E-state index in [2.05, 4.69) is 50.3 Å². The average molecular weight is 770 g/mol. The van der Waals surface area contributed by atoms with E-state index in [1.165, 1.54) is 6.92 Å². The first kappa shape index (κ1) is 42.0. The molecule has 3 atom stereocenters. The first-order valence-corrected chi connectivity index (χ1v) is 17.5. The maximum atomic E-state index is 13.0. The number of nitrogens with one attached hydrogen (secondary N) is 5. The molecule has 0 aliphatic heterocycles. The Morgan fingerprint density at radius 1 is 0.579 bits per heavy atom. The van der Waals surface area contributed by atoms with Crippen LogP contribution >= 0.6 is 0 Å². The number of carbonyl (C=O) groups is 7. The SMILES string of the molecule is CNC(=O)c1ccc(C#Cc2ccc(C#Cc3ccc(C(=O)NCC(=O)N[C@@H](C)C(=O)N[C@@H](Cc4ccccc4)C(=O)N[C@@H](CC(=O)O)C(=O)O)cc3)cc2)cc1. The van der Waals surface area contributed by atoms with Gasteiger partial charge in [-0.25, -0.2) is 4.79 Å². The second kappa shape index (κ2) is 20.7. The summed E-state index contributed by atoms with van der Waals surface area (Å²) in [5.74, 6) is 6.12. The summed E-state index contributed by atoms with van der Waals surface area (Å²) in [6, 6.07) is 25.1. The fourth-order valence-electron chi connectivity index (χ4n) is 5.10. The van der Waals surface area contributed by atoms with Crippen LogP contribution < -0.4 is 26.6 Å². The first-order valence-electron chi connectivity index (χ1n) is 17.5. The van der Waals surface area contributed by atoms with E-state index in [0.29, 0.717) is 16.7 Å². The lowest BCUT2D eigenvalue weighted by Crippen LogP contribution is -2.56. The Morgan fingerprint density at radius 3 is 1.49 bits per heavy atom. The topological polar surface area (TPSA) is 220 Å². The monoisotopic (exact) mass is 769 g/mol. The van der Waals surface area contributed by atoms with Crippen LogP contribution in [0.15, 0.2) is 103 Å². The van der Waals surface area contributed by atoms with Crippen molar-refractivity contribution in [2.75, 3.05) is 13.6 Å². The van der Waals surface area contributed by atoms with E-state index >= 15 is 0 Å². The number of carboxylic acids is 2. The molecule has 5 amide bonds. The summed E-state index contributed by atoms with van der Waals surface area (Å²) < 4.78 is 0. The number of rotatable bonds is 14. The molecule has 0 fully saturated rings. The van der Waals surface area contributed by atoms with Gasteiger partial charge in [0.2, 0.25) is 17.7 Å². The van der Waals surface area contributed by atoms with Crippen molar-refractivity contribution in [3.8, 4) is 23.7 Å². The number of hydrogen-bond donors (Lipinski definition) is 7. The van der Waals surface area contributed by atoms with Crippen LogP contribution in [0.1, 0.15) is 61.9 Å². The van der Waals surface area contributed by atoms with Gasteiger partial charge in [0.05, 0.1) is 13.0 Å². The minimum atomic E-state index is -1.74. The van der Waals surface area contributed by atoms with Crippen LogP contribution in [0, 0.1) is 23.7 Å². The molecule has 14 nitrogen and oxygen atoms in total. The second-order valence-corrected chi connectivity index (χ2v) is 12.5. The number of carboxylic acid groups (broad SMARTS) is 2. The van der Waals surface area contributed by atoms with Crippen molar-refractivity contribution >= 4 is 41.5 Å². The van der Waals surface area contributed by atoms with Crippen LogP contribution in [-0.4, -0.2) is 83.4 Å². The summed E-state index contributed by atoms with van der Waals surface area (Å²) in [7, 11) is 1.57. The molecule has 0 saturated heterocycles. The van der Waals surface area contributed by atoms with Gasteiger partial charge in [0.25, 0.3) is 11.8 Å². The molecule has 4 aromatic carbocycles. The zero-order chi connectivity index (χ0) is 41.3. The van der Waals surface area contributed by atoms with E-state index < -0.39 is 66.7 Å². The average Bonchev–Trinajstić information content (AvgIpc) is 3.21. The molecular formula is C43H39N5O9. The van der Waals surface area contributed by atoms with Crippen molar-refractivity contribution in [1.82, 2.24) is 26.6 Å². The zero-order valence-electron chi connectivity index (χ0n) is 30.9. The molecule has 0 saturated carbocycles. The Hall–Kier alpha value is -7.71. The molecule has 14 heteroatoms.